The van der Waals surface area contributed by atoms with E-state index >= 15 is 0 Å². The normalized spacial score (nSPS) is 25.8. The zero-order chi connectivity index (χ0) is 65.1. The van der Waals surface area contributed by atoms with Gasteiger partial charge in [-0.2, -0.15) is 42.1 Å². The monoisotopic (exact) mass is 1190 g/mol. The van der Waals surface area contributed by atoms with Gasteiger partial charge in [-0.3, -0.25) is 0 Å². The SMILES string of the molecule is CCC1c2cc3c4cc2C(c2cc(C)cc(C)c2)c2cc5c(cc21)C1(CC)c2cc6c(cc2C5(c2cc(C)cc(C)c2)C(C#N)(C#N)C1(C#N)C#N)C(c1cc(C)cc(C)c1)c1cc2c(cc1C6CC)C3(CC)C(C#N)(C#N)C(C#N)(C#N)C42c1cc(C)cc(C)c1. The van der Waals surface area contributed by atoms with Crippen molar-refractivity contribution in [2.45, 2.75) is 154 Å². The van der Waals surface area contributed by atoms with Crippen molar-refractivity contribution < 1.29 is 0 Å². The third kappa shape index (κ3) is 5.88. The topological polar surface area (TPSA) is 190 Å². The van der Waals surface area contributed by atoms with Gasteiger partial charge in [0.2, 0.25) is 0 Å². The summed E-state index contributed by atoms with van der Waals surface area (Å²) in [5.41, 5.74) is 8.62. The zero-order valence-electron chi connectivity index (χ0n) is 54.3. The first-order valence-corrected chi connectivity index (χ1v) is 32.6. The van der Waals surface area contributed by atoms with Crippen LogP contribution in [0.1, 0.15) is 233 Å². The predicted octanol–water partition coefficient (Wildman–Crippen LogP) is 17.4. The van der Waals surface area contributed by atoms with E-state index in [2.05, 4.69) is 211 Å². The molecule has 0 spiro atoms. The summed E-state index contributed by atoms with van der Waals surface area (Å²) in [5.74, 6) is -1.86. The molecule has 0 heterocycles. The number of benzene rings is 8. The van der Waals surface area contributed by atoms with Crippen LogP contribution in [0.2, 0.25) is 0 Å². The maximum Gasteiger partial charge on any atom is 0.194 e. The minimum Gasteiger partial charge on any atom is -0.196 e. The van der Waals surface area contributed by atoms with Crippen LogP contribution in [-0.2, 0) is 21.7 Å². The fourth-order valence-electron chi connectivity index (χ4n) is 21.6. The molecule has 0 saturated heterocycles. The van der Waals surface area contributed by atoms with Crippen LogP contribution in [0.15, 0.2) is 121 Å². The van der Waals surface area contributed by atoms with Crippen molar-refractivity contribution >= 4 is 0 Å². The molecule has 0 N–H and O–H groups in total. The van der Waals surface area contributed by atoms with Gasteiger partial charge in [0.1, 0.15) is 0 Å². The first kappa shape index (κ1) is 58.1. The van der Waals surface area contributed by atoms with E-state index in [1.54, 1.807) is 0 Å². The summed E-state index contributed by atoms with van der Waals surface area (Å²) < 4.78 is 0. The zero-order valence-corrected chi connectivity index (χ0v) is 54.3. The molecule has 16 rings (SSSR count). The van der Waals surface area contributed by atoms with Crippen LogP contribution in [0.4, 0.5) is 0 Å². The Kier molecular flexibility index (Phi) is 11.8. The van der Waals surface area contributed by atoms with Crippen molar-refractivity contribution in [2.24, 2.45) is 21.7 Å². The number of hydrogen-bond donors (Lipinski definition) is 0. The molecule has 0 unspecified atom stereocenters. The Morgan fingerprint density at radius 2 is 0.489 bits per heavy atom. The Morgan fingerprint density at radius 3 is 0.696 bits per heavy atom. The molecule has 0 saturated carbocycles. The van der Waals surface area contributed by atoms with Crippen molar-refractivity contribution in [3.63, 3.8) is 0 Å². The van der Waals surface area contributed by atoms with E-state index in [0.29, 0.717) is 46.2 Å². The van der Waals surface area contributed by atoms with Gasteiger partial charge >= 0.3 is 0 Å². The fourth-order valence-corrected chi connectivity index (χ4v) is 21.6. The van der Waals surface area contributed by atoms with Crippen LogP contribution < -0.4 is 0 Å². The van der Waals surface area contributed by atoms with Gasteiger partial charge in [-0.15, -0.1) is 0 Å². The molecule has 0 amide bonds. The molecule has 444 valence electrons. The summed E-state index contributed by atoms with van der Waals surface area (Å²) in [5, 5.41) is 101. The lowest BCUT2D eigenvalue weighted by molar-refractivity contribution is 0.0763. The Morgan fingerprint density at radius 1 is 0.272 bits per heavy atom. The largest absolute Gasteiger partial charge is 0.196 e. The van der Waals surface area contributed by atoms with Gasteiger partial charge in [-0.1, -0.05) is 194 Å². The second-order valence-corrected chi connectivity index (χ2v) is 28.4. The summed E-state index contributed by atoms with van der Waals surface area (Å²) in [4.78, 5) is 0. The lowest BCUT2D eigenvalue weighted by Gasteiger charge is -2.67. The van der Waals surface area contributed by atoms with E-state index in [1.165, 1.54) is 0 Å². The van der Waals surface area contributed by atoms with Crippen LogP contribution in [0.3, 0.4) is 0 Å². The van der Waals surface area contributed by atoms with Crippen molar-refractivity contribution in [2.75, 3.05) is 0 Å². The molecular weight excluding hydrogens is 1120 g/mol. The average molecular weight is 1190 g/mol. The van der Waals surface area contributed by atoms with Crippen LogP contribution >= 0.6 is 0 Å². The van der Waals surface area contributed by atoms with Crippen LogP contribution in [0.25, 0.3) is 0 Å². The number of hydrogen-bond acceptors (Lipinski definition) is 8. The summed E-state index contributed by atoms with van der Waals surface area (Å²) in [7, 11) is 0. The molecule has 8 heteroatoms. The van der Waals surface area contributed by atoms with Crippen molar-refractivity contribution in [1.29, 1.82) is 42.1 Å². The van der Waals surface area contributed by atoms with Gasteiger partial charge in [0.25, 0.3) is 0 Å². The molecule has 8 aromatic carbocycles. The number of aryl methyl sites for hydroxylation is 8. The van der Waals surface area contributed by atoms with Crippen molar-refractivity contribution in [1.82, 2.24) is 0 Å². The van der Waals surface area contributed by atoms with E-state index in [9.17, 15) is 42.1 Å². The standard InChI is InChI=1S/C84H68N8/c1-13-57-59-29-67-71-33-63(59)75(53-21-45(5)17-46(6)22-53)64-34-72-68(30-60(57)64)82(16-4)70-32-62-58(14-2)61-31-69-73(83(71,55-25-49(9)19-50(10)26-55)79(41-89,42-90)77(37-85,38-86)81(67,69)15-3)35-65(61)76(54-23-47(7)18-48(8)24-54)66(62)36-74(70)84(72,56-27-51(11)20-52(12)28-56)80(43-91,44-92)78(82,39-87)40-88/h17-36,57-58,75-76H,13-16H2,1-12H3. The summed E-state index contributed by atoms with van der Waals surface area (Å²) in [6.45, 7) is 24.9. The molecule has 8 nitrogen and oxygen atoms in total. The predicted molar refractivity (Wildman–Crippen MR) is 352 cm³/mol. The molecule has 8 aliphatic rings. The molecule has 0 radical (unpaired) electrons. The minimum atomic E-state index is -2.37. The van der Waals surface area contributed by atoms with Crippen LogP contribution in [0, 0.1) is 168 Å². The Balaban J connectivity index is 1.30. The Bertz CT molecular complexity index is 4580. The molecule has 0 atom stereocenters. The summed E-state index contributed by atoms with van der Waals surface area (Å²) in [6.07, 6.45) is 1.56. The molecular formula is C84H68N8. The fraction of sp³-hybridized carbons (Fsp3) is 0.333. The molecule has 4 bridgehead atoms. The number of fused-ring (bicyclic) bond motifs is 6. The highest BCUT2D eigenvalue weighted by Gasteiger charge is 2.85. The van der Waals surface area contributed by atoms with Gasteiger partial charge in [0.05, 0.1) is 70.2 Å². The maximum absolute atomic E-state index is 12.8. The lowest BCUT2D eigenvalue weighted by atomic mass is 9.29. The maximum atomic E-state index is 12.8. The average Bonchev–Trinajstić information content (AvgIpc) is 0.630. The van der Waals surface area contributed by atoms with E-state index in [4.69, 9.17) is 0 Å². The van der Waals surface area contributed by atoms with Gasteiger partial charge < -0.3 is 0 Å². The first-order valence-electron chi connectivity index (χ1n) is 32.6. The van der Waals surface area contributed by atoms with Crippen molar-refractivity contribution in [3.8, 4) is 48.6 Å². The smallest absolute Gasteiger partial charge is 0.194 e. The van der Waals surface area contributed by atoms with Crippen molar-refractivity contribution in [3.05, 3.63) is 277 Å². The molecule has 8 aromatic rings. The second-order valence-electron chi connectivity index (χ2n) is 28.4. The second kappa shape index (κ2) is 18.7. The van der Waals surface area contributed by atoms with Gasteiger partial charge in [0, 0.05) is 23.7 Å². The summed E-state index contributed by atoms with van der Waals surface area (Å²) in [6, 6.07) is 65.3. The highest BCUT2D eigenvalue weighted by molar-refractivity contribution is 5.85. The molecule has 0 aromatic heterocycles. The van der Waals surface area contributed by atoms with Gasteiger partial charge in [-0.05, 0) is 192 Å². The Labute approximate surface area is 540 Å². The van der Waals surface area contributed by atoms with E-state index in [1.807, 2.05) is 41.5 Å². The quantitative estimate of drug-likeness (QED) is 0.143. The highest BCUT2D eigenvalue weighted by Crippen LogP contribution is 2.81. The highest BCUT2D eigenvalue weighted by atomic mass is 14.8. The van der Waals surface area contributed by atoms with E-state index in [0.717, 1.165) is 122 Å². The number of rotatable bonds is 8. The van der Waals surface area contributed by atoms with Crippen LogP contribution in [0.5, 0.6) is 0 Å². The first-order chi connectivity index (χ1) is 44.2. The minimum absolute atomic E-state index is 0.200. The van der Waals surface area contributed by atoms with E-state index in [-0.39, 0.29) is 24.7 Å². The lowest BCUT2D eigenvalue weighted by Crippen LogP contribution is -2.71. The Hall–Kier alpha value is -10.3. The summed E-state index contributed by atoms with van der Waals surface area (Å²) >= 11 is 0. The molecule has 0 aliphatic heterocycles. The third-order valence-electron chi connectivity index (χ3n) is 24.3. The molecule has 8 aliphatic carbocycles. The third-order valence-corrected chi connectivity index (χ3v) is 24.3. The van der Waals surface area contributed by atoms with Crippen LogP contribution in [-0.4, -0.2) is 0 Å². The van der Waals surface area contributed by atoms with Gasteiger partial charge in [0.15, 0.2) is 21.7 Å². The molecule has 0 fully saturated rings. The molecule has 92 heavy (non-hydrogen) atoms. The van der Waals surface area contributed by atoms with E-state index < -0.39 is 55.2 Å². The van der Waals surface area contributed by atoms with Gasteiger partial charge in [-0.25, -0.2) is 0 Å². The number of nitrogens with zero attached hydrogens (tertiary/aromatic N) is 8. The number of nitriles is 8.